The summed E-state index contributed by atoms with van der Waals surface area (Å²) in [5.41, 5.74) is 0.787. The van der Waals surface area contributed by atoms with Gasteiger partial charge in [-0.15, -0.1) is 0 Å². The van der Waals surface area contributed by atoms with Gasteiger partial charge in [-0.3, -0.25) is 9.58 Å². The highest BCUT2D eigenvalue weighted by atomic mass is 35.5. The molecule has 0 N–H and O–H groups in total. The lowest BCUT2D eigenvalue weighted by Gasteiger charge is -2.26. The van der Waals surface area contributed by atoms with Crippen LogP contribution >= 0.6 is 11.6 Å². The molecule has 2 aromatic heterocycles. The van der Waals surface area contributed by atoms with Gasteiger partial charge in [-0.2, -0.15) is 5.10 Å². The molecule has 0 radical (unpaired) electrons. The topological polar surface area (TPSA) is 46.8 Å². The second kappa shape index (κ2) is 5.84. The molecule has 1 atom stereocenters. The molecule has 0 fully saturated rings. The number of hydrogen-bond acceptors (Lipinski definition) is 4. The maximum atomic E-state index is 6.19. The summed E-state index contributed by atoms with van der Waals surface area (Å²) in [6.45, 7) is 8.24. The fraction of sp³-hybridized carbons (Fsp3) is 0.615. The molecule has 0 amide bonds. The van der Waals surface area contributed by atoms with Crippen LogP contribution in [0.2, 0.25) is 5.15 Å². The molecule has 1 unspecified atom stereocenters. The van der Waals surface area contributed by atoms with Crippen molar-refractivity contribution in [1.82, 2.24) is 24.6 Å². The third-order valence-electron chi connectivity index (χ3n) is 3.56. The summed E-state index contributed by atoms with van der Waals surface area (Å²) in [6, 6.07) is 0.509. The predicted octanol–water partition coefficient (Wildman–Crippen LogP) is 2.64. The summed E-state index contributed by atoms with van der Waals surface area (Å²) in [5.74, 6) is 0.753. The van der Waals surface area contributed by atoms with E-state index < -0.39 is 0 Å². The van der Waals surface area contributed by atoms with Crippen molar-refractivity contribution in [3.8, 4) is 0 Å². The molecule has 19 heavy (non-hydrogen) atoms. The molecule has 2 heterocycles. The quantitative estimate of drug-likeness (QED) is 0.791. The molecule has 0 saturated heterocycles. The standard InChI is InChI=1S/C13H20ClN5/c1-5-9(3)19(6-2)8-11-16-12(14)10-7-15-18(4)13(10)17-11/h7,9H,5-6,8H2,1-4H3. The Morgan fingerprint density at radius 2 is 2.11 bits per heavy atom. The highest BCUT2D eigenvalue weighted by Crippen LogP contribution is 2.20. The zero-order chi connectivity index (χ0) is 14.0. The average molecular weight is 282 g/mol. The van der Waals surface area contributed by atoms with Gasteiger partial charge in [0.15, 0.2) is 5.65 Å². The van der Waals surface area contributed by atoms with E-state index in [1.807, 2.05) is 7.05 Å². The Bertz CT molecular complexity index is 565. The number of rotatable bonds is 5. The van der Waals surface area contributed by atoms with Gasteiger partial charge in [-0.1, -0.05) is 25.4 Å². The number of fused-ring (bicyclic) bond motifs is 1. The fourth-order valence-corrected chi connectivity index (χ4v) is 2.35. The minimum atomic E-state index is 0.480. The van der Waals surface area contributed by atoms with Gasteiger partial charge in [-0.25, -0.2) is 9.97 Å². The molecular formula is C13H20ClN5. The molecule has 0 spiro atoms. The van der Waals surface area contributed by atoms with Crippen molar-refractivity contribution in [3.05, 3.63) is 17.2 Å². The van der Waals surface area contributed by atoms with Crippen molar-refractivity contribution in [2.75, 3.05) is 6.54 Å². The highest BCUT2D eigenvalue weighted by molar-refractivity contribution is 6.33. The Morgan fingerprint density at radius 1 is 1.37 bits per heavy atom. The van der Waals surface area contributed by atoms with E-state index in [0.717, 1.165) is 29.8 Å². The van der Waals surface area contributed by atoms with Crippen LogP contribution in [0.5, 0.6) is 0 Å². The van der Waals surface area contributed by atoms with Gasteiger partial charge in [-0.05, 0) is 19.9 Å². The number of nitrogens with zero attached hydrogens (tertiary/aromatic N) is 5. The minimum Gasteiger partial charge on any atom is -0.294 e. The summed E-state index contributed by atoms with van der Waals surface area (Å²) in [5, 5.41) is 5.45. The molecule has 0 bridgehead atoms. The van der Waals surface area contributed by atoms with Gasteiger partial charge in [0.1, 0.15) is 11.0 Å². The summed E-state index contributed by atoms with van der Waals surface area (Å²) in [6.07, 6.45) is 2.81. The third kappa shape index (κ3) is 2.87. The Morgan fingerprint density at radius 3 is 2.74 bits per heavy atom. The maximum Gasteiger partial charge on any atom is 0.162 e. The zero-order valence-electron chi connectivity index (χ0n) is 11.9. The minimum absolute atomic E-state index is 0.480. The molecule has 0 aromatic carbocycles. The van der Waals surface area contributed by atoms with Crippen LogP contribution in [0.1, 0.15) is 33.0 Å². The van der Waals surface area contributed by atoms with Gasteiger partial charge in [0, 0.05) is 13.1 Å². The van der Waals surface area contributed by atoms with E-state index in [1.54, 1.807) is 10.9 Å². The summed E-state index contributed by atoms with van der Waals surface area (Å²) < 4.78 is 1.73. The molecule has 6 heteroatoms. The SMILES string of the molecule is CCC(C)N(CC)Cc1nc(Cl)c2cnn(C)c2n1. The highest BCUT2D eigenvalue weighted by Gasteiger charge is 2.15. The number of hydrogen-bond donors (Lipinski definition) is 0. The van der Waals surface area contributed by atoms with Crippen LogP contribution in [0.15, 0.2) is 6.20 Å². The Hall–Kier alpha value is -1.20. The Balaban J connectivity index is 2.32. The average Bonchev–Trinajstić information content (AvgIpc) is 2.77. The van der Waals surface area contributed by atoms with Crippen LogP contribution in [0.4, 0.5) is 0 Å². The van der Waals surface area contributed by atoms with Crippen LogP contribution in [0.3, 0.4) is 0 Å². The van der Waals surface area contributed by atoms with Crippen LogP contribution < -0.4 is 0 Å². The van der Waals surface area contributed by atoms with E-state index in [1.165, 1.54) is 0 Å². The van der Waals surface area contributed by atoms with Crippen molar-refractivity contribution in [2.24, 2.45) is 7.05 Å². The van der Waals surface area contributed by atoms with Crippen molar-refractivity contribution in [2.45, 2.75) is 39.8 Å². The van der Waals surface area contributed by atoms with Gasteiger partial charge in [0.2, 0.25) is 0 Å². The Labute approximate surface area is 118 Å². The van der Waals surface area contributed by atoms with E-state index in [0.29, 0.717) is 17.7 Å². The lowest BCUT2D eigenvalue weighted by molar-refractivity contribution is 0.201. The summed E-state index contributed by atoms with van der Waals surface area (Å²) in [7, 11) is 1.86. The molecular weight excluding hydrogens is 262 g/mol. The van der Waals surface area contributed by atoms with Gasteiger partial charge in [0.25, 0.3) is 0 Å². The molecule has 0 aliphatic carbocycles. The Kier molecular flexibility index (Phi) is 4.37. The number of aromatic nitrogens is 4. The lowest BCUT2D eigenvalue weighted by Crippen LogP contribution is -2.32. The molecule has 0 saturated carbocycles. The second-order valence-corrected chi connectivity index (χ2v) is 5.11. The fourth-order valence-electron chi connectivity index (χ4n) is 2.12. The summed E-state index contributed by atoms with van der Waals surface area (Å²) in [4.78, 5) is 11.3. The van der Waals surface area contributed by atoms with Gasteiger partial charge in [0.05, 0.1) is 18.1 Å². The van der Waals surface area contributed by atoms with Crippen LogP contribution in [0, 0.1) is 0 Å². The predicted molar refractivity (Wildman–Crippen MR) is 77.2 cm³/mol. The van der Waals surface area contributed by atoms with Crippen LogP contribution in [0.25, 0.3) is 11.0 Å². The van der Waals surface area contributed by atoms with Crippen LogP contribution in [-0.2, 0) is 13.6 Å². The van der Waals surface area contributed by atoms with E-state index >= 15 is 0 Å². The lowest BCUT2D eigenvalue weighted by atomic mass is 10.2. The zero-order valence-corrected chi connectivity index (χ0v) is 12.6. The molecule has 0 aliphatic heterocycles. The summed E-state index contributed by atoms with van der Waals surface area (Å²) >= 11 is 6.19. The van der Waals surface area contributed by atoms with Gasteiger partial charge >= 0.3 is 0 Å². The monoisotopic (exact) mass is 281 g/mol. The third-order valence-corrected chi connectivity index (χ3v) is 3.84. The molecule has 5 nitrogen and oxygen atoms in total. The molecule has 2 rings (SSSR count). The smallest absolute Gasteiger partial charge is 0.162 e. The normalized spacial score (nSPS) is 13.4. The molecule has 104 valence electrons. The van der Waals surface area contributed by atoms with Crippen molar-refractivity contribution < 1.29 is 0 Å². The van der Waals surface area contributed by atoms with Gasteiger partial charge < -0.3 is 0 Å². The first-order valence-electron chi connectivity index (χ1n) is 6.65. The van der Waals surface area contributed by atoms with Crippen LogP contribution in [-0.4, -0.2) is 37.2 Å². The molecule has 2 aromatic rings. The largest absolute Gasteiger partial charge is 0.294 e. The first-order chi connectivity index (χ1) is 9.06. The van der Waals surface area contributed by atoms with Crippen molar-refractivity contribution in [3.63, 3.8) is 0 Å². The van der Waals surface area contributed by atoms with Crippen molar-refractivity contribution in [1.29, 1.82) is 0 Å². The van der Waals surface area contributed by atoms with E-state index in [2.05, 4.69) is 40.7 Å². The number of aryl methyl sites for hydroxylation is 1. The van der Waals surface area contributed by atoms with E-state index in [9.17, 15) is 0 Å². The number of halogens is 1. The molecule has 0 aliphatic rings. The van der Waals surface area contributed by atoms with Crippen molar-refractivity contribution >= 4 is 22.6 Å². The first-order valence-corrected chi connectivity index (χ1v) is 7.02. The maximum absolute atomic E-state index is 6.19. The first kappa shape index (κ1) is 14.2. The van der Waals surface area contributed by atoms with E-state index in [-0.39, 0.29) is 0 Å². The second-order valence-electron chi connectivity index (χ2n) is 4.76. The van der Waals surface area contributed by atoms with E-state index in [4.69, 9.17) is 11.6 Å².